The van der Waals surface area contributed by atoms with Crippen LogP contribution in [-0.2, 0) is 14.8 Å². The highest BCUT2D eigenvalue weighted by Crippen LogP contribution is 2.19. The van der Waals surface area contributed by atoms with E-state index in [1.54, 1.807) is 18.3 Å². The quantitative estimate of drug-likeness (QED) is 0.799. The number of nitrogens with one attached hydrogen (secondary N) is 2. The minimum absolute atomic E-state index is 0.0495. The van der Waals surface area contributed by atoms with Crippen molar-refractivity contribution in [3.05, 3.63) is 40.9 Å². The molecule has 2 heterocycles. The van der Waals surface area contributed by atoms with Crippen molar-refractivity contribution in [2.24, 2.45) is 0 Å². The van der Waals surface area contributed by atoms with Crippen LogP contribution in [0.4, 0.5) is 5.13 Å². The molecule has 7 nitrogen and oxygen atoms in total. The predicted octanol–water partition coefficient (Wildman–Crippen LogP) is 2.16. The number of ether oxygens (including phenoxy) is 1. The van der Waals surface area contributed by atoms with Crippen molar-refractivity contribution in [2.45, 2.75) is 30.8 Å². The fourth-order valence-electron chi connectivity index (χ4n) is 2.48. The molecule has 0 bridgehead atoms. The number of aromatic nitrogens is 1. The monoisotopic (exact) mass is 381 g/mol. The third-order valence-electron chi connectivity index (χ3n) is 3.77. The fourth-order valence-corrected chi connectivity index (χ4v) is 4.25. The lowest BCUT2D eigenvalue weighted by atomic mass is 10.2. The van der Waals surface area contributed by atoms with Gasteiger partial charge >= 0.3 is 0 Å². The van der Waals surface area contributed by atoms with E-state index in [0.29, 0.717) is 11.7 Å². The van der Waals surface area contributed by atoms with Gasteiger partial charge in [-0.2, -0.15) is 0 Å². The van der Waals surface area contributed by atoms with E-state index < -0.39 is 15.9 Å². The molecule has 25 heavy (non-hydrogen) atoms. The molecule has 0 radical (unpaired) electrons. The zero-order chi connectivity index (χ0) is 17.9. The van der Waals surface area contributed by atoms with Gasteiger partial charge in [0.2, 0.25) is 10.0 Å². The van der Waals surface area contributed by atoms with Gasteiger partial charge in [-0.1, -0.05) is 6.07 Å². The Kier molecular flexibility index (Phi) is 5.48. The van der Waals surface area contributed by atoms with E-state index in [2.05, 4.69) is 15.0 Å². The molecule has 9 heteroatoms. The minimum Gasteiger partial charge on any atom is -0.377 e. The second kappa shape index (κ2) is 7.61. The largest absolute Gasteiger partial charge is 0.377 e. The van der Waals surface area contributed by atoms with Crippen molar-refractivity contribution in [1.82, 2.24) is 9.71 Å². The van der Waals surface area contributed by atoms with Gasteiger partial charge in [0.1, 0.15) is 0 Å². The first kappa shape index (κ1) is 18.0. The van der Waals surface area contributed by atoms with E-state index in [-0.39, 0.29) is 23.1 Å². The average Bonchev–Trinajstić information content (AvgIpc) is 3.25. The Hall–Kier alpha value is -1.81. The van der Waals surface area contributed by atoms with Crippen LogP contribution in [0.1, 0.15) is 28.1 Å². The standard InChI is InChI=1S/C16H19N3O4S2/c1-11-9-17-16(24-11)19-15(20)12-4-2-6-14(8-12)25(21,22)18-10-13-5-3-7-23-13/h2,4,6,8-9,13,18H,3,5,7,10H2,1H3,(H,17,19,20)/t13-/m0/s1. The van der Waals surface area contributed by atoms with Crippen LogP contribution in [0.2, 0.25) is 0 Å². The Morgan fingerprint density at radius 3 is 2.96 bits per heavy atom. The highest BCUT2D eigenvalue weighted by molar-refractivity contribution is 7.89. The maximum absolute atomic E-state index is 12.4. The van der Waals surface area contributed by atoms with Gasteiger partial charge < -0.3 is 4.74 Å². The maximum atomic E-state index is 12.4. The first-order chi connectivity index (χ1) is 11.9. The third-order valence-corrected chi connectivity index (χ3v) is 6.02. The molecule has 1 aromatic heterocycles. The molecule has 1 aliphatic heterocycles. The smallest absolute Gasteiger partial charge is 0.257 e. The molecule has 1 aliphatic rings. The zero-order valence-corrected chi connectivity index (χ0v) is 15.3. The Balaban J connectivity index is 1.70. The Morgan fingerprint density at radius 2 is 2.28 bits per heavy atom. The van der Waals surface area contributed by atoms with E-state index in [4.69, 9.17) is 4.74 Å². The summed E-state index contributed by atoms with van der Waals surface area (Å²) in [6, 6.07) is 5.92. The van der Waals surface area contributed by atoms with Gasteiger partial charge in [0.25, 0.3) is 5.91 Å². The summed E-state index contributed by atoms with van der Waals surface area (Å²) in [5.74, 6) is -0.398. The minimum atomic E-state index is -3.70. The van der Waals surface area contributed by atoms with Crippen LogP contribution in [0.15, 0.2) is 35.4 Å². The normalized spacial score (nSPS) is 17.6. The van der Waals surface area contributed by atoms with E-state index in [0.717, 1.165) is 17.7 Å². The summed E-state index contributed by atoms with van der Waals surface area (Å²) < 4.78 is 32.8. The highest BCUT2D eigenvalue weighted by Gasteiger charge is 2.21. The fraction of sp³-hybridized carbons (Fsp3) is 0.375. The Bertz CT molecular complexity index is 858. The number of hydrogen-bond acceptors (Lipinski definition) is 6. The van der Waals surface area contributed by atoms with Crippen LogP contribution in [0.3, 0.4) is 0 Å². The molecule has 2 N–H and O–H groups in total. The summed E-state index contributed by atoms with van der Waals surface area (Å²) in [6.07, 6.45) is 3.36. The first-order valence-electron chi connectivity index (χ1n) is 7.89. The summed E-state index contributed by atoms with van der Waals surface area (Å²) in [4.78, 5) is 17.4. The number of benzene rings is 1. The van der Waals surface area contributed by atoms with Crippen LogP contribution in [0, 0.1) is 6.92 Å². The van der Waals surface area contributed by atoms with E-state index in [9.17, 15) is 13.2 Å². The number of rotatable bonds is 6. The molecule has 0 aliphatic carbocycles. The number of carbonyl (C=O) groups excluding carboxylic acids is 1. The van der Waals surface area contributed by atoms with Crippen molar-refractivity contribution < 1.29 is 17.9 Å². The lowest BCUT2D eigenvalue weighted by Crippen LogP contribution is -2.32. The summed E-state index contributed by atoms with van der Waals surface area (Å²) in [5.41, 5.74) is 0.257. The van der Waals surface area contributed by atoms with Crippen LogP contribution in [-0.4, -0.2) is 38.6 Å². The average molecular weight is 381 g/mol. The second-order valence-corrected chi connectivity index (χ2v) is 8.75. The molecule has 3 rings (SSSR count). The summed E-state index contributed by atoms with van der Waals surface area (Å²) in [6.45, 7) is 2.79. The third kappa shape index (κ3) is 4.63. The molecule has 0 spiro atoms. The number of aryl methyl sites for hydroxylation is 1. The molecular formula is C16H19N3O4S2. The first-order valence-corrected chi connectivity index (χ1v) is 10.2. The van der Waals surface area contributed by atoms with Crippen LogP contribution in [0.25, 0.3) is 0 Å². The number of anilines is 1. The lowest BCUT2D eigenvalue weighted by molar-refractivity contribution is 0.102. The van der Waals surface area contributed by atoms with Gasteiger partial charge in [0.05, 0.1) is 11.0 Å². The van der Waals surface area contributed by atoms with Crippen LogP contribution >= 0.6 is 11.3 Å². The zero-order valence-electron chi connectivity index (χ0n) is 13.7. The lowest BCUT2D eigenvalue weighted by Gasteiger charge is -2.12. The molecule has 1 fully saturated rings. The Morgan fingerprint density at radius 1 is 1.44 bits per heavy atom. The second-order valence-electron chi connectivity index (χ2n) is 5.74. The van der Waals surface area contributed by atoms with Crippen molar-refractivity contribution >= 4 is 32.4 Å². The molecule has 0 saturated carbocycles. The molecular weight excluding hydrogens is 362 g/mol. The molecule has 1 aromatic carbocycles. The summed E-state index contributed by atoms with van der Waals surface area (Å²) in [7, 11) is -3.70. The van der Waals surface area contributed by atoms with E-state index in [1.165, 1.54) is 23.5 Å². The van der Waals surface area contributed by atoms with E-state index >= 15 is 0 Å². The van der Waals surface area contributed by atoms with Crippen molar-refractivity contribution in [3.8, 4) is 0 Å². The Labute approximate surface area is 150 Å². The van der Waals surface area contributed by atoms with Crippen molar-refractivity contribution in [3.63, 3.8) is 0 Å². The summed E-state index contributed by atoms with van der Waals surface area (Å²) in [5, 5.41) is 3.15. The SMILES string of the molecule is Cc1cnc(NC(=O)c2cccc(S(=O)(=O)NC[C@@H]3CCCO3)c2)s1. The molecule has 2 aromatic rings. The van der Waals surface area contributed by atoms with Gasteiger partial charge in [-0.15, -0.1) is 11.3 Å². The number of carbonyl (C=O) groups is 1. The highest BCUT2D eigenvalue weighted by atomic mass is 32.2. The number of hydrogen-bond donors (Lipinski definition) is 2. The molecule has 134 valence electrons. The summed E-state index contributed by atoms with van der Waals surface area (Å²) >= 11 is 1.36. The van der Waals surface area contributed by atoms with Crippen molar-refractivity contribution in [1.29, 1.82) is 0 Å². The van der Waals surface area contributed by atoms with Crippen LogP contribution < -0.4 is 10.0 Å². The van der Waals surface area contributed by atoms with Crippen molar-refractivity contribution in [2.75, 3.05) is 18.5 Å². The van der Waals surface area contributed by atoms with Gasteiger partial charge in [-0.25, -0.2) is 18.1 Å². The molecule has 1 atom stereocenters. The number of amides is 1. The van der Waals surface area contributed by atoms with Gasteiger partial charge in [0.15, 0.2) is 5.13 Å². The van der Waals surface area contributed by atoms with Gasteiger partial charge in [-0.3, -0.25) is 10.1 Å². The number of sulfonamides is 1. The molecule has 0 unspecified atom stereocenters. The molecule has 1 amide bonds. The number of nitrogens with zero attached hydrogens (tertiary/aromatic N) is 1. The maximum Gasteiger partial charge on any atom is 0.257 e. The van der Waals surface area contributed by atoms with Crippen LogP contribution in [0.5, 0.6) is 0 Å². The van der Waals surface area contributed by atoms with Gasteiger partial charge in [0, 0.05) is 29.8 Å². The number of thiazole rings is 1. The molecule has 1 saturated heterocycles. The topological polar surface area (TPSA) is 97.4 Å². The van der Waals surface area contributed by atoms with Gasteiger partial charge in [-0.05, 0) is 38.0 Å². The predicted molar refractivity (Wildman–Crippen MR) is 95.4 cm³/mol. The van der Waals surface area contributed by atoms with E-state index in [1.807, 2.05) is 6.92 Å².